The number of carboxylic acids is 1. The molecule has 0 saturated heterocycles. The molecule has 0 atom stereocenters. The summed E-state index contributed by atoms with van der Waals surface area (Å²) in [4.78, 5) is 9.99. The molecule has 0 amide bonds. The van der Waals surface area contributed by atoms with Crippen LogP contribution in [0.25, 0.3) is 0 Å². The van der Waals surface area contributed by atoms with Gasteiger partial charge in [0.05, 0.1) is 5.75 Å². The normalized spacial score (nSPS) is 11.6. The van der Waals surface area contributed by atoms with Crippen molar-refractivity contribution in [3.05, 3.63) is 29.3 Å². The van der Waals surface area contributed by atoms with Crippen LogP contribution in [0.1, 0.15) is 43.0 Å². The molecule has 0 aliphatic heterocycles. The Bertz CT molecular complexity index is 597. The molecule has 112 valence electrons. The van der Waals surface area contributed by atoms with E-state index in [9.17, 15) is 22.0 Å². The van der Waals surface area contributed by atoms with Crippen molar-refractivity contribution in [3.8, 4) is 0 Å². The van der Waals surface area contributed by atoms with Gasteiger partial charge >= 0.3 is 5.97 Å². The lowest BCUT2D eigenvalue weighted by atomic mass is 10.2. The zero-order chi connectivity index (χ0) is 15.3. The Morgan fingerprint density at radius 1 is 1.20 bits per heavy atom. The lowest BCUT2D eigenvalue weighted by Crippen LogP contribution is -2.13. The molecule has 0 saturated carbocycles. The minimum absolute atomic E-state index is 0.283. The van der Waals surface area contributed by atoms with E-state index in [4.69, 9.17) is 5.11 Å². The van der Waals surface area contributed by atoms with Crippen LogP contribution in [0.4, 0.5) is 8.78 Å². The third-order valence-electron chi connectivity index (χ3n) is 2.87. The lowest BCUT2D eigenvalue weighted by molar-refractivity contribution is 0.0685. The topological polar surface area (TPSA) is 71.4 Å². The highest BCUT2D eigenvalue weighted by Crippen LogP contribution is 2.23. The Morgan fingerprint density at radius 3 is 2.40 bits per heavy atom. The van der Waals surface area contributed by atoms with Crippen LogP contribution in [-0.4, -0.2) is 25.2 Å². The highest BCUT2D eigenvalue weighted by atomic mass is 32.2. The minimum Gasteiger partial charge on any atom is -0.477 e. The molecule has 1 aromatic rings. The molecular formula is C13H16F2O4S. The maximum Gasteiger partial charge on any atom is 0.341 e. The molecule has 0 aliphatic rings. The van der Waals surface area contributed by atoms with Gasteiger partial charge in [-0.3, -0.25) is 0 Å². The lowest BCUT2D eigenvalue weighted by Gasteiger charge is -2.08. The van der Waals surface area contributed by atoms with Gasteiger partial charge in [0, 0.05) is 0 Å². The fourth-order valence-electron chi connectivity index (χ4n) is 1.80. The molecule has 20 heavy (non-hydrogen) atoms. The van der Waals surface area contributed by atoms with Crippen LogP contribution in [-0.2, 0) is 9.84 Å². The number of rotatable bonds is 7. The Morgan fingerprint density at radius 2 is 1.85 bits per heavy atom. The van der Waals surface area contributed by atoms with Gasteiger partial charge in [0.25, 0.3) is 0 Å². The standard InChI is InChI=1S/C13H16F2O4S/c1-2-3-4-5-8-20(18,19)10-7-6-9(14)11(12(10)15)13(16)17/h6-7H,2-5,8H2,1H3,(H,16,17). The quantitative estimate of drug-likeness (QED) is 0.621. The third kappa shape index (κ3) is 3.75. The van der Waals surface area contributed by atoms with Crippen molar-refractivity contribution in [1.29, 1.82) is 0 Å². The molecule has 0 aromatic heterocycles. The average molecular weight is 306 g/mol. The van der Waals surface area contributed by atoms with Crippen molar-refractivity contribution < 1.29 is 27.1 Å². The molecule has 0 bridgehead atoms. The molecule has 0 radical (unpaired) electrons. The van der Waals surface area contributed by atoms with Crippen molar-refractivity contribution in [2.24, 2.45) is 0 Å². The zero-order valence-corrected chi connectivity index (χ0v) is 11.8. The Balaban J connectivity index is 3.07. The summed E-state index contributed by atoms with van der Waals surface area (Å²) in [7, 11) is -3.95. The van der Waals surface area contributed by atoms with E-state index in [0.29, 0.717) is 18.9 Å². The second-order valence-electron chi connectivity index (χ2n) is 4.42. The number of hydrogen-bond donors (Lipinski definition) is 1. The number of carbonyl (C=O) groups is 1. The van der Waals surface area contributed by atoms with Gasteiger partial charge in [0.15, 0.2) is 15.7 Å². The highest BCUT2D eigenvalue weighted by molar-refractivity contribution is 7.91. The van der Waals surface area contributed by atoms with Crippen LogP contribution in [0.5, 0.6) is 0 Å². The summed E-state index contributed by atoms with van der Waals surface area (Å²) in [5.74, 6) is -4.94. The molecular weight excluding hydrogens is 290 g/mol. The van der Waals surface area contributed by atoms with Gasteiger partial charge in [-0.05, 0) is 18.6 Å². The minimum atomic E-state index is -3.95. The predicted octanol–water partition coefficient (Wildman–Crippen LogP) is 3.02. The van der Waals surface area contributed by atoms with Crippen molar-refractivity contribution in [3.63, 3.8) is 0 Å². The number of hydrogen-bond acceptors (Lipinski definition) is 3. The number of benzene rings is 1. The third-order valence-corrected chi connectivity index (χ3v) is 4.68. The maximum absolute atomic E-state index is 13.9. The van der Waals surface area contributed by atoms with E-state index in [1.165, 1.54) is 0 Å². The van der Waals surface area contributed by atoms with Gasteiger partial charge in [0.2, 0.25) is 0 Å². The van der Waals surface area contributed by atoms with E-state index >= 15 is 0 Å². The first-order chi connectivity index (χ1) is 9.31. The van der Waals surface area contributed by atoms with E-state index in [1.54, 1.807) is 0 Å². The van der Waals surface area contributed by atoms with Crippen LogP contribution in [0.3, 0.4) is 0 Å². The highest BCUT2D eigenvalue weighted by Gasteiger charge is 2.26. The molecule has 1 aromatic carbocycles. The summed E-state index contributed by atoms with van der Waals surface area (Å²) in [6, 6.07) is 1.43. The molecule has 1 N–H and O–H groups in total. The molecule has 1 rings (SSSR count). The van der Waals surface area contributed by atoms with Gasteiger partial charge in [-0.15, -0.1) is 0 Å². The molecule has 0 spiro atoms. The van der Waals surface area contributed by atoms with E-state index in [0.717, 1.165) is 18.9 Å². The number of sulfone groups is 1. The number of carboxylic acid groups (broad SMARTS) is 1. The number of aromatic carboxylic acids is 1. The van der Waals surface area contributed by atoms with Crippen LogP contribution in [0.2, 0.25) is 0 Å². The van der Waals surface area contributed by atoms with E-state index in [1.807, 2.05) is 6.92 Å². The average Bonchev–Trinajstić information content (AvgIpc) is 2.34. The zero-order valence-electron chi connectivity index (χ0n) is 11.0. The Labute approximate surface area is 116 Å². The van der Waals surface area contributed by atoms with Crippen molar-refractivity contribution in [2.75, 3.05) is 5.75 Å². The first-order valence-electron chi connectivity index (χ1n) is 6.25. The van der Waals surface area contributed by atoms with Gasteiger partial charge < -0.3 is 5.11 Å². The largest absolute Gasteiger partial charge is 0.477 e. The van der Waals surface area contributed by atoms with Gasteiger partial charge in [-0.25, -0.2) is 22.0 Å². The summed E-state index contributed by atoms with van der Waals surface area (Å²) in [5, 5.41) is 8.71. The Hall–Kier alpha value is -1.50. The molecule has 0 fully saturated rings. The molecule has 0 aliphatic carbocycles. The molecule has 7 heteroatoms. The summed E-state index contributed by atoms with van der Waals surface area (Å²) >= 11 is 0. The fraction of sp³-hybridized carbons (Fsp3) is 0.462. The van der Waals surface area contributed by atoms with E-state index < -0.39 is 37.9 Å². The van der Waals surface area contributed by atoms with Gasteiger partial charge in [-0.1, -0.05) is 26.2 Å². The van der Waals surface area contributed by atoms with Crippen LogP contribution in [0, 0.1) is 11.6 Å². The Kier molecular flexibility index (Phi) is 5.62. The first kappa shape index (κ1) is 16.6. The van der Waals surface area contributed by atoms with Gasteiger partial charge in [-0.2, -0.15) is 0 Å². The van der Waals surface area contributed by atoms with Crippen molar-refractivity contribution >= 4 is 15.8 Å². The summed E-state index contributed by atoms with van der Waals surface area (Å²) < 4.78 is 51.0. The van der Waals surface area contributed by atoms with Crippen LogP contribution >= 0.6 is 0 Å². The van der Waals surface area contributed by atoms with Gasteiger partial charge in [0.1, 0.15) is 16.3 Å². The second-order valence-corrected chi connectivity index (χ2v) is 6.50. The van der Waals surface area contributed by atoms with Crippen LogP contribution in [0.15, 0.2) is 17.0 Å². The smallest absolute Gasteiger partial charge is 0.341 e. The summed E-state index contributed by atoms with van der Waals surface area (Å²) in [6.07, 6.45) is 2.83. The molecule has 0 heterocycles. The second kappa shape index (κ2) is 6.78. The van der Waals surface area contributed by atoms with Crippen molar-refractivity contribution in [1.82, 2.24) is 0 Å². The van der Waals surface area contributed by atoms with Crippen LogP contribution < -0.4 is 0 Å². The fourth-order valence-corrected chi connectivity index (χ4v) is 3.25. The maximum atomic E-state index is 13.9. The number of halogens is 2. The summed E-state index contributed by atoms with van der Waals surface area (Å²) in [6.45, 7) is 1.97. The first-order valence-corrected chi connectivity index (χ1v) is 7.90. The predicted molar refractivity (Wildman–Crippen MR) is 69.5 cm³/mol. The monoisotopic (exact) mass is 306 g/mol. The molecule has 4 nitrogen and oxygen atoms in total. The SMILES string of the molecule is CCCCCCS(=O)(=O)c1ccc(F)c(C(=O)O)c1F. The van der Waals surface area contributed by atoms with Crippen molar-refractivity contribution in [2.45, 2.75) is 37.5 Å². The number of unbranched alkanes of at least 4 members (excludes halogenated alkanes) is 3. The molecule has 0 unspecified atom stereocenters. The summed E-state index contributed by atoms with van der Waals surface area (Å²) in [5.41, 5.74) is -1.24. The van der Waals surface area contributed by atoms with E-state index in [2.05, 4.69) is 0 Å². The van der Waals surface area contributed by atoms with E-state index in [-0.39, 0.29) is 5.75 Å².